The molecule has 1 aliphatic rings. The van der Waals surface area contributed by atoms with E-state index in [1.54, 1.807) is 0 Å². The molecular weight excluding hydrogens is 226 g/mol. The molecule has 0 amide bonds. The van der Waals surface area contributed by atoms with Gasteiger partial charge in [0.1, 0.15) is 0 Å². The summed E-state index contributed by atoms with van der Waals surface area (Å²) >= 11 is 0. The molecule has 2 atom stereocenters. The Morgan fingerprint density at radius 3 is 2.61 bits per heavy atom. The van der Waals surface area contributed by atoms with E-state index in [2.05, 4.69) is 4.90 Å². The van der Waals surface area contributed by atoms with Crippen LogP contribution in [0.25, 0.3) is 0 Å². The number of carbonyl (C=O) groups is 1. The maximum atomic E-state index is 12.3. The highest BCUT2D eigenvalue weighted by Gasteiger charge is 2.62. The van der Waals surface area contributed by atoms with Gasteiger partial charge in [-0.1, -0.05) is 30.3 Å². The van der Waals surface area contributed by atoms with Crippen LogP contribution in [0.5, 0.6) is 0 Å². The summed E-state index contributed by atoms with van der Waals surface area (Å²) in [5, 5.41) is 0. The second kappa shape index (κ2) is 5.11. The molecular formula is C15H21NO2. The topological polar surface area (TPSA) is 29.5 Å². The van der Waals surface area contributed by atoms with Gasteiger partial charge in [-0.15, -0.1) is 0 Å². The molecule has 18 heavy (non-hydrogen) atoms. The third kappa shape index (κ3) is 2.27. The monoisotopic (exact) mass is 247 g/mol. The van der Waals surface area contributed by atoms with Crippen LogP contribution in [0.15, 0.2) is 30.3 Å². The molecule has 0 aromatic heterocycles. The predicted molar refractivity (Wildman–Crippen MR) is 71.4 cm³/mol. The van der Waals surface area contributed by atoms with Crippen molar-refractivity contribution in [3.63, 3.8) is 0 Å². The van der Waals surface area contributed by atoms with Crippen molar-refractivity contribution in [2.45, 2.75) is 18.8 Å². The van der Waals surface area contributed by atoms with E-state index >= 15 is 0 Å². The van der Waals surface area contributed by atoms with Gasteiger partial charge in [0.25, 0.3) is 0 Å². The smallest absolute Gasteiger partial charge is 0.316 e. The molecule has 0 N–H and O–H groups in total. The van der Waals surface area contributed by atoms with Gasteiger partial charge in [0.15, 0.2) is 0 Å². The molecule has 2 rings (SSSR count). The van der Waals surface area contributed by atoms with E-state index in [-0.39, 0.29) is 5.97 Å². The van der Waals surface area contributed by atoms with E-state index in [4.69, 9.17) is 4.74 Å². The molecule has 0 bridgehead atoms. The van der Waals surface area contributed by atoms with E-state index in [9.17, 15) is 4.79 Å². The number of ether oxygens (including phenoxy) is 1. The highest BCUT2D eigenvalue weighted by molar-refractivity contribution is 5.87. The number of carbonyl (C=O) groups excluding carboxylic acids is 1. The summed E-state index contributed by atoms with van der Waals surface area (Å²) in [7, 11) is 4.08. The van der Waals surface area contributed by atoms with Gasteiger partial charge < -0.3 is 9.64 Å². The van der Waals surface area contributed by atoms with E-state index in [1.807, 2.05) is 51.4 Å². The van der Waals surface area contributed by atoms with Gasteiger partial charge in [-0.05, 0) is 38.9 Å². The third-order valence-electron chi connectivity index (χ3n) is 3.62. The van der Waals surface area contributed by atoms with Crippen LogP contribution >= 0.6 is 0 Å². The molecule has 1 aliphatic carbocycles. The summed E-state index contributed by atoms with van der Waals surface area (Å²) in [4.78, 5) is 14.4. The largest absolute Gasteiger partial charge is 0.465 e. The minimum Gasteiger partial charge on any atom is -0.465 e. The Kier molecular flexibility index (Phi) is 3.71. The lowest BCUT2D eigenvalue weighted by atomic mass is 9.93. The van der Waals surface area contributed by atoms with Crippen LogP contribution in [0, 0.1) is 5.92 Å². The fraction of sp³-hybridized carbons (Fsp3) is 0.533. The minimum absolute atomic E-state index is 0.0666. The first kappa shape index (κ1) is 13.1. The predicted octanol–water partition coefficient (Wildman–Crippen LogP) is 2.07. The zero-order valence-corrected chi connectivity index (χ0v) is 11.3. The van der Waals surface area contributed by atoms with Gasteiger partial charge in [-0.2, -0.15) is 0 Å². The number of esters is 1. The summed E-state index contributed by atoms with van der Waals surface area (Å²) in [5.74, 6) is 0.303. The van der Waals surface area contributed by atoms with Crippen LogP contribution in [0.1, 0.15) is 18.9 Å². The van der Waals surface area contributed by atoms with E-state index in [1.165, 1.54) is 0 Å². The highest BCUT2D eigenvalue weighted by atomic mass is 16.5. The zero-order valence-electron chi connectivity index (χ0n) is 11.3. The molecule has 0 heterocycles. The van der Waals surface area contributed by atoms with Gasteiger partial charge in [0, 0.05) is 6.54 Å². The van der Waals surface area contributed by atoms with Gasteiger partial charge in [-0.3, -0.25) is 4.79 Å². The lowest BCUT2D eigenvalue weighted by molar-refractivity contribution is -0.146. The van der Waals surface area contributed by atoms with Crippen molar-refractivity contribution in [2.24, 2.45) is 5.92 Å². The second-order valence-electron chi connectivity index (χ2n) is 5.22. The molecule has 0 radical (unpaired) electrons. The van der Waals surface area contributed by atoms with Crippen LogP contribution in [0.3, 0.4) is 0 Å². The maximum absolute atomic E-state index is 12.3. The van der Waals surface area contributed by atoms with Gasteiger partial charge in [-0.25, -0.2) is 0 Å². The van der Waals surface area contributed by atoms with Crippen molar-refractivity contribution in [3.8, 4) is 0 Å². The fourth-order valence-corrected chi connectivity index (χ4v) is 2.71. The van der Waals surface area contributed by atoms with Crippen LogP contribution in [0.2, 0.25) is 0 Å². The Morgan fingerprint density at radius 1 is 1.39 bits per heavy atom. The van der Waals surface area contributed by atoms with Crippen molar-refractivity contribution in [1.29, 1.82) is 0 Å². The lowest BCUT2D eigenvalue weighted by Crippen LogP contribution is -2.29. The van der Waals surface area contributed by atoms with Gasteiger partial charge in [0.2, 0.25) is 0 Å². The Morgan fingerprint density at radius 2 is 2.06 bits per heavy atom. The van der Waals surface area contributed by atoms with E-state index in [0.717, 1.165) is 18.5 Å². The Hall–Kier alpha value is -1.35. The van der Waals surface area contributed by atoms with Gasteiger partial charge in [0.05, 0.1) is 12.0 Å². The molecule has 0 aliphatic heterocycles. The first-order valence-electron chi connectivity index (χ1n) is 6.48. The molecule has 0 unspecified atom stereocenters. The molecule has 1 aromatic rings. The Balaban J connectivity index is 2.24. The van der Waals surface area contributed by atoms with Crippen molar-refractivity contribution >= 4 is 5.97 Å². The molecule has 3 heteroatoms. The van der Waals surface area contributed by atoms with Crippen LogP contribution in [-0.4, -0.2) is 38.1 Å². The average Bonchev–Trinajstić information content (AvgIpc) is 3.05. The SMILES string of the molecule is CCOC(=O)[C@@]1(c2ccccc2)C[C@H]1CN(C)C. The normalized spacial score (nSPS) is 26.1. The van der Waals surface area contributed by atoms with E-state index in [0.29, 0.717) is 12.5 Å². The molecule has 1 aromatic carbocycles. The Labute approximate surface area is 109 Å². The number of hydrogen-bond acceptors (Lipinski definition) is 3. The third-order valence-corrected chi connectivity index (χ3v) is 3.62. The number of hydrogen-bond donors (Lipinski definition) is 0. The second-order valence-corrected chi connectivity index (χ2v) is 5.22. The van der Waals surface area contributed by atoms with Gasteiger partial charge >= 0.3 is 5.97 Å². The Bertz CT molecular complexity index is 416. The lowest BCUT2D eigenvalue weighted by Gasteiger charge is -2.18. The molecule has 0 saturated heterocycles. The summed E-state index contributed by atoms with van der Waals surface area (Å²) in [6.07, 6.45) is 0.897. The van der Waals surface area contributed by atoms with Crippen LogP contribution < -0.4 is 0 Å². The van der Waals surface area contributed by atoms with Crippen molar-refractivity contribution in [1.82, 2.24) is 4.90 Å². The number of nitrogens with zero attached hydrogens (tertiary/aromatic N) is 1. The summed E-state index contributed by atoms with van der Waals surface area (Å²) in [6.45, 7) is 3.23. The van der Waals surface area contributed by atoms with Crippen molar-refractivity contribution in [3.05, 3.63) is 35.9 Å². The maximum Gasteiger partial charge on any atom is 0.316 e. The molecule has 1 saturated carbocycles. The molecule has 0 spiro atoms. The summed E-state index contributed by atoms with van der Waals surface area (Å²) in [5.41, 5.74) is 0.692. The van der Waals surface area contributed by atoms with Crippen LogP contribution in [0.4, 0.5) is 0 Å². The molecule has 3 nitrogen and oxygen atoms in total. The first-order valence-corrected chi connectivity index (χ1v) is 6.48. The van der Waals surface area contributed by atoms with E-state index < -0.39 is 5.41 Å². The van der Waals surface area contributed by atoms with Crippen molar-refractivity contribution in [2.75, 3.05) is 27.2 Å². The molecule has 98 valence electrons. The average molecular weight is 247 g/mol. The van der Waals surface area contributed by atoms with Crippen LogP contribution in [-0.2, 0) is 14.9 Å². The fourth-order valence-electron chi connectivity index (χ4n) is 2.71. The summed E-state index contributed by atoms with van der Waals surface area (Å²) in [6, 6.07) is 10.0. The molecule has 1 fully saturated rings. The number of rotatable bonds is 5. The first-order chi connectivity index (χ1) is 8.61. The standard InChI is InChI=1S/C15H21NO2/c1-4-18-14(17)15(10-13(15)11-16(2)3)12-8-6-5-7-9-12/h5-9,13H,4,10-11H2,1-3H3/t13-,15+/m0/s1. The summed E-state index contributed by atoms with van der Waals surface area (Å²) < 4.78 is 5.28. The number of benzene rings is 1. The quantitative estimate of drug-likeness (QED) is 0.746. The minimum atomic E-state index is -0.401. The van der Waals surface area contributed by atoms with Crippen molar-refractivity contribution < 1.29 is 9.53 Å². The zero-order chi connectivity index (χ0) is 13.2. The highest BCUT2D eigenvalue weighted by Crippen LogP contribution is 2.55.